The largest absolute Gasteiger partial charge is 0.396 e. The predicted octanol–water partition coefficient (Wildman–Crippen LogP) is 2.47. The Labute approximate surface area is 141 Å². The van der Waals surface area contributed by atoms with E-state index in [0.29, 0.717) is 12.2 Å². The molecule has 0 fully saturated rings. The van der Waals surface area contributed by atoms with Crippen LogP contribution in [0.25, 0.3) is 5.69 Å². The first kappa shape index (κ1) is 17.6. The molecule has 2 rings (SSSR count). The van der Waals surface area contributed by atoms with Crippen LogP contribution >= 0.6 is 11.8 Å². The third-order valence-corrected chi connectivity index (χ3v) is 4.64. The minimum atomic E-state index is -0.0504. The van der Waals surface area contributed by atoms with E-state index in [1.807, 2.05) is 17.7 Å². The van der Waals surface area contributed by atoms with Gasteiger partial charge in [-0.05, 0) is 50.5 Å². The number of aliphatic hydroxyl groups is 1. The van der Waals surface area contributed by atoms with Gasteiger partial charge < -0.3 is 10.4 Å². The summed E-state index contributed by atoms with van der Waals surface area (Å²) in [5.41, 5.74) is 3.52. The van der Waals surface area contributed by atoms with E-state index in [1.54, 1.807) is 6.20 Å². The second kappa shape index (κ2) is 8.17. The van der Waals surface area contributed by atoms with Gasteiger partial charge in [0.15, 0.2) is 5.16 Å². The number of carbonyl (C=O) groups excluding carboxylic acids is 1. The van der Waals surface area contributed by atoms with Crippen molar-refractivity contribution in [3.05, 3.63) is 41.7 Å². The fourth-order valence-corrected chi connectivity index (χ4v) is 2.97. The van der Waals surface area contributed by atoms with Crippen molar-refractivity contribution in [3.63, 3.8) is 0 Å². The lowest BCUT2D eigenvalue weighted by molar-refractivity contribution is -0.119. The van der Waals surface area contributed by atoms with Gasteiger partial charge in [-0.2, -0.15) is 0 Å². The van der Waals surface area contributed by atoms with E-state index in [2.05, 4.69) is 42.3 Å². The maximum Gasteiger partial charge on any atom is 0.230 e. The van der Waals surface area contributed by atoms with Gasteiger partial charge in [0.05, 0.1) is 5.75 Å². The van der Waals surface area contributed by atoms with Crippen LogP contribution in [-0.2, 0) is 4.79 Å². The highest BCUT2D eigenvalue weighted by atomic mass is 32.2. The zero-order chi connectivity index (χ0) is 16.8. The van der Waals surface area contributed by atoms with Gasteiger partial charge in [-0.1, -0.05) is 17.8 Å². The molecule has 1 heterocycles. The number of hydrogen-bond donors (Lipinski definition) is 2. The molecule has 0 spiro atoms. The number of thioether (sulfide) groups is 1. The van der Waals surface area contributed by atoms with E-state index >= 15 is 0 Å². The number of aryl methyl sites for hydroxylation is 2. The van der Waals surface area contributed by atoms with Crippen molar-refractivity contribution in [2.45, 2.75) is 38.4 Å². The van der Waals surface area contributed by atoms with Crippen LogP contribution in [0, 0.1) is 13.8 Å². The van der Waals surface area contributed by atoms with Crippen molar-refractivity contribution in [1.82, 2.24) is 14.9 Å². The highest BCUT2D eigenvalue weighted by Crippen LogP contribution is 2.22. The Balaban J connectivity index is 2.01. The molecule has 0 aliphatic carbocycles. The van der Waals surface area contributed by atoms with E-state index in [1.165, 1.54) is 22.9 Å². The molecule has 5 nitrogen and oxygen atoms in total. The topological polar surface area (TPSA) is 67.2 Å². The van der Waals surface area contributed by atoms with Gasteiger partial charge >= 0.3 is 0 Å². The highest BCUT2D eigenvalue weighted by Gasteiger charge is 2.11. The van der Waals surface area contributed by atoms with E-state index in [0.717, 1.165) is 10.8 Å². The van der Waals surface area contributed by atoms with Crippen molar-refractivity contribution in [2.75, 3.05) is 12.4 Å². The molecular weight excluding hydrogens is 310 g/mol. The number of rotatable bonds is 7. The molecule has 1 aromatic heterocycles. The molecule has 0 aliphatic rings. The van der Waals surface area contributed by atoms with Gasteiger partial charge in [-0.3, -0.25) is 9.36 Å². The third-order valence-electron chi connectivity index (χ3n) is 3.68. The van der Waals surface area contributed by atoms with Crippen LogP contribution in [0.3, 0.4) is 0 Å². The third kappa shape index (κ3) is 4.84. The van der Waals surface area contributed by atoms with Crippen molar-refractivity contribution >= 4 is 17.7 Å². The molecule has 0 radical (unpaired) electrons. The van der Waals surface area contributed by atoms with Gasteiger partial charge in [0.25, 0.3) is 0 Å². The van der Waals surface area contributed by atoms with Crippen LogP contribution in [0.15, 0.2) is 35.7 Å². The standard InChI is InChI=1S/C17H23N3O2S/c1-12-4-5-15(10-13(12)2)20-8-7-18-17(20)23-11-16(22)19-14(3)6-9-21/h4-5,7-8,10,14,21H,6,9,11H2,1-3H3,(H,19,22). The summed E-state index contributed by atoms with van der Waals surface area (Å²) in [5, 5.41) is 12.5. The Morgan fingerprint density at radius 1 is 1.39 bits per heavy atom. The number of hydrogen-bond acceptors (Lipinski definition) is 4. The molecule has 2 aromatic rings. The van der Waals surface area contributed by atoms with E-state index in [4.69, 9.17) is 5.11 Å². The van der Waals surface area contributed by atoms with Crippen molar-refractivity contribution in [3.8, 4) is 5.69 Å². The van der Waals surface area contributed by atoms with Gasteiger partial charge in [0.2, 0.25) is 5.91 Å². The molecule has 6 heteroatoms. The molecule has 2 N–H and O–H groups in total. The summed E-state index contributed by atoms with van der Waals surface area (Å²) in [6.07, 6.45) is 4.20. The van der Waals surface area contributed by atoms with Crippen LogP contribution in [0.4, 0.5) is 0 Å². The molecule has 1 aromatic carbocycles. The molecule has 23 heavy (non-hydrogen) atoms. The van der Waals surface area contributed by atoms with Crippen LogP contribution in [-0.4, -0.2) is 39.0 Å². The highest BCUT2D eigenvalue weighted by molar-refractivity contribution is 7.99. The number of amides is 1. The zero-order valence-electron chi connectivity index (χ0n) is 13.7. The number of carbonyl (C=O) groups is 1. The number of imidazole rings is 1. The number of aliphatic hydroxyl groups excluding tert-OH is 1. The summed E-state index contributed by atoms with van der Waals surface area (Å²) in [6, 6.07) is 6.23. The smallest absolute Gasteiger partial charge is 0.230 e. The molecule has 124 valence electrons. The van der Waals surface area contributed by atoms with Crippen molar-refractivity contribution in [2.24, 2.45) is 0 Å². The second-order valence-electron chi connectivity index (χ2n) is 5.62. The van der Waals surface area contributed by atoms with E-state index in [9.17, 15) is 4.79 Å². The minimum absolute atomic E-state index is 0.0207. The fraction of sp³-hybridized carbons (Fsp3) is 0.412. The Kier molecular flexibility index (Phi) is 6.24. The van der Waals surface area contributed by atoms with Gasteiger partial charge in [-0.25, -0.2) is 4.98 Å². The Bertz CT molecular complexity index is 670. The number of aromatic nitrogens is 2. The average Bonchev–Trinajstić information content (AvgIpc) is 2.96. The molecule has 1 atom stereocenters. The lowest BCUT2D eigenvalue weighted by Gasteiger charge is -2.13. The molecule has 0 saturated carbocycles. The van der Waals surface area contributed by atoms with E-state index < -0.39 is 0 Å². The summed E-state index contributed by atoms with van der Waals surface area (Å²) in [5.74, 6) is 0.253. The first-order valence-corrected chi connectivity index (χ1v) is 8.64. The van der Waals surface area contributed by atoms with Gasteiger partial charge in [-0.15, -0.1) is 0 Å². The normalized spacial score (nSPS) is 12.2. The van der Waals surface area contributed by atoms with Crippen LogP contribution in [0.1, 0.15) is 24.5 Å². The first-order chi connectivity index (χ1) is 11.0. The molecular formula is C17H23N3O2S. The van der Waals surface area contributed by atoms with Crippen LogP contribution in [0.5, 0.6) is 0 Å². The quantitative estimate of drug-likeness (QED) is 0.764. The molecule has 0 bridgehead atoms. The summed E-state index contributed by atoms with van der Waals surface area (Å²) < 4.78 is 1.99. The SMILES string of the molecule is Cc1ccc(-n2ccnc2SCC(=O)NC(C)CCO)cc1C. The average molecular weight is 333 g/mol. The molecule has 0 aliphatic heterocycles. The van der Waals surface area contributed by atoms with Gasteiger partial charge in [0, 0.05) is 30.7 Å². The fourth-order valence-electron chi connectivity index (χ4n) is 2.18. The van der Waals surface area contributed by atoms with Crippen molar-refractivity contribution < 1.29 is 9.90 Å². The summed E-state index contributed by atoms with van der Waals surface area (Å²) in [6.45, 7) is 6.12. The Morgan fingerprint density at radius 2 is 2.17 bits per heavy atom. The lowest BCUT2D eigenvalue weighted by atomic mass is 10.1. The zero-order valence-corrected chi connectivity index (χ0v) is 14.6. The second-order valence-corrected chi connectivity index (χ2v) is 6.56. The number of benzene rings is 1. The minimum Gasteiger partial charge on any atom is -0.396 e. The maximum absolute atomic E-state index is 11.9. The lowest BCUT2D eigenvalue weighted by Crippen LogP contribution is -2.34. The van der Waals surface area contributed by atoms with E-state index in [-0.39, 0.29) is 18.6 Å². The predicted molar refractivity (Wildman–Crippen MR) is 93.1 cm³/mol. The summed E-state index contributed by atoms with van der Waals surface area (Å²) >= 11 is 1.40. The van der Waals surface area contributed by atoms with Crippen LogP contribution < -0.4 is 5.32 Å². The Morgan fingerprint density at radius 3 is 2.87 bits per heavy atom. The molecule has 1 unspecified atom stereocenters. The molecule has 0 saturated heterocycles. The monoisotopic (exact) mass is 333 g/mol. The number of nitrogens with zero attached hydrogens (tertiary/aromatic N) is 2. The summed E-state index contributed by atoms with van der Waals surface area (Å²) in [4.78, 5) is 16.3. The Hall–Kier alpha value is -1.79. The van der Waals surface area contributed by atoms with Crippen LogP contribution in [0.2, 0.25) is 0 Å². The summed E-state index contributed by atoms with van der Waals surface area (Å²) in [7, 11) is 0. The maximum atomic E-state index is 11.9. The molecule has 1 amide bonds. The number of nitrogens with one attached hydrogen (secondary N) is 1. The van der Waals surface area contributed by atoms with Crippen molar-refractivity contribution in [1.29, 1.82) is 0 Å². The first-order valence-electron chi connectivity index (χ1n) is 7.65. The van der Waals surface area contributed by atoms with Gasteiger partial charge in [0.1, 0.15) is 0 Å².